The van der Waals surface area contributed by atoms with Gasteiger partial charge in [-0.25, -0.2) is 4.79 Å². The van der Waals surface area contributed by atoms with Crippen LogP contribution in [0.3, 0.4) is 0 Å². The molecule has 0 bridgehead atoms. The predicted molar refractivity (Wildman–Crippen MR) is 81.5 cm³/mol. The molecule has 2 rings (SSSR count). The van der Waals surface area contributed by atoms with Gasteiger partial charge < -0.3 is 15.7 Å². The molecule has 0 aliphatic heterocycles. The SMILES string of the molecule is Cc1cc(C)cc(NC(=O)NC2CCCCC2C(=O)O)c1. The molecule has 0 saturated heterocycles. The molecule has 0 radical (unpaired) electrons. The summed E-state index contributed by atoms with van der Waals surface area (Å²) in [5.74, 6) is -1.31. The Labute approximate surface area is 124 Å². The summed E-state index contributed by atoms with van der Waals surface area (Å²) < 4.78 is 0. The van der Waals surface area contributed by atoms with Gasteiger partial charge in [-0.15, -0.1) is 0 Å². The van der Waals surface area contributed by atoms with Gasteiger partial charge >= 0.3 is 12.0 Å². The number of carbonyl (C=O) groups excluding carboxylic acids is 1. The van der Waals surface area contributed by atoms with Crippen molar-refractivity contribution in [2.45, 2.75) is 45.6 Å². The van der Waals surface area contributed by atoms with Gasteiger partial charge in [0.25, 0.3) is 0 Å². The number of carbonyl (C=O) groups is 2. The second kappa shape index (κ2) is 6.61. The van der Waals surface area contributed by atoms with Crippen molar-refractivity contribution in [1.82, 2.24) is 5.32 Å². The molecule has 0 aromatic heterocycles. The fourth-order valence-corrected chi connectivity index (χ4v) is 2.98. The molecule has 114 valence electrons. The lowest BCUT2D eigenvalue weighted by Crippen LogP contribution is -2.46. The Morgan fingerprint density at radius 2 is 1.71 bits per heavy atom. The maximum Gasteiger partial charge on any atom is 0.319 e. The lowest BCUT2D eigenvalue weighted by Gasteiger charge is -2.29. The number of hydrogen-bond acceptors (Lipinski definition) is 2. The molecule has 5 nitrogen and oxygen atoms in total. The molecule has 0 heterocycles. The van der Waals surface area contributed by atoms with E-state index in [1.807, 2.05) is 32.0 Å². The number of rotatable bonds is 3. The molecule has 2 unspecified atom stereocenters. The largest absolute Gasteiger partial charge is 0.481 e. The normalized spacial score (nSPS) is 21.6. The van der Waals surface area contributed by atoms with E-state index in [4.69, 9.17) is 0 Å². The van der Waals surface area contributed by atoms with Crippen molar-refractivity contribution < 1.29 is 14.7 Å². The van der Waals surface area contributed by atoms with E-state index in [1.54, 1.807) is 0 Å². The average Bonchev–Trinajstić information content (AvgIpc) is 2.37. The number of aryl methyl sites for hydroxylation is 2. The zero-order valence-electron chi connectivity index (χ0n) is 12.5. The quantitative estimate of drug-likeness (QED) is 0.800. The number of urea groups is 1. The molecule has 21 heavy (non-hydrogen) atoms. The summed E-state index contributed by atoms with van der Waals surface area (Å²) in [5, 5.41) is 14.8. The molecule has 1 aliphatic carbocycles. The lowest BCUT2D eigenvalue weighted by molar-refractivity contribution is -0.143. The molecule has 2 atom stereocenters. The maximum atomic E-state index is 12.1. The number of hydrogen-bond donors (Lipinski definition) is 3. The highest BCUT2D eigenvalue weighted by atomic mass is 16.4. The first-order valence-electron chi connectivity index (χ1n) is 7.34. The molecular formula is C16H22N2O3. The Kier molecular flexibility index (Phi) is 4.83. The number of amides is 2. The molecule has 1 saturated carbocycles. The van der Waals surface area contributed by atoms with Gasteiger partial charge in [-0.3, -0.25) is 4.79 Å². The van der Waals surface area contributed by atoms with Gasteiger partial charge in [0, 0.05) is 11.7 Å². The van der Waals surface area contributed by atoms with Crippen LogP contribution in [0.15, 0.2) is 18.2 Å². The average molecular weight is 290 g/mol. The molecular weight excluding hydrogens is 268 g/mol. The summed E-state index contributed by atoms with van der Waals surface area (Å²) in [6.45, 7) is 3.94. The van der Waals surface area contributed by atoms with E-state index in [0.717, 1.165) is 36.1 Å². The van der Waals surface area contributed by atoms with Crippen LogP contribution in [0.1, 0.15) is 36.8 Å². The Hall–Kier alpha value is -2.04. The highest BCUT2D eigenvalue weighted by molar-refractivity contribution is 5.90. The summed E-state index contributed by atoms with van der Waals surface area (Å²) in [6, 6.07) is 5.19. The zero-order valence-corrected chi connectivity index (χ0v) is 12.5. The lowest BCUT2D eigenvalue weighted by atomic mass is 9.84. The smallest absolute Gasteiger partial charge is 0.319 e. The van der Waals surface area contributed by atoms with Crippen molar-refractivity contribution in [3.8, 4) is 0 Å². The Morgan fingerprint density at radius 3 is 2.33 bits per heavy atom. The number of carboxylic acids is 1. The molecule has 1 aromatic carbocycles. The third kappa shape index (κ3) is 4.21. The van der Waals surface area contributed by atoms with Crippen LogP contribution >= 0.6 is 0 Å². The van der Waals surface area contributed by atoms with E-state index >= 15 is 0 Å². The van der Waals surface area contributed by atoms with Gasteiger partial charge in [0.15, 0.2) is 0 Å². The Morgan fingerprint density at radius 1 is 1.10 bits per heavy atom. The molecule has 0 spiro atoms. The van der Waals surface area contributed by atoms with Crippen LogP contribution in [0.25, 0.3) is 0 Å². The van der Waals surface area contributed by atoms with Crippen LogP contribution in [0.4, 0.5) is 10.5 Å². The van der Waals surface area contributed by atoms with Crippen molar-refractivity contribution in [3.05, 3.63) is 29.3 Å². The molecule has 1 aliphatic rings. The van der Waals surface area contributed by atoms with Crippen LogP contribution in [-0.4, -0.2) is 23.1 Å². The fraction of sp³-hybridized carbons (Fsp3) is 0.500. The number of carboxylic acid groups (broad SMARTS) is 1. The Balaban J connectivity index is 1.98. The van der Waals surface area contributed by atoms with Crippen molar-refractivity contribution in [2.24, 2.45) is 5.92 Å². The van der Waals surface area contributed by atoms with E-state index in [1.165, 1.54) is 0 Å². The van der Waals surface area contributed by atoms with E-state index in [9.17, 15) is 14.7 Å². The van der Waals surface area contributed by atoms with Crippen LogP contribution in [0, 0.1) is 19.8 Å². The van der Waals surface area contributed by atoms with Gasteiger partial charge in [0.05, 0.1) is 5.92 Å². The monoisotopic (exact) mass is 290 g/mol. The van der Waals surface area contributed by atoms with Gasteiger partial charge in [-0.2, -0.15) is 0 Å². The fourth-order valence-electron chi connectivity index (χ4n) is 2.98. The molecule has 3 N–H and O–H groups in total. The van der Waals surface area contributed by atoms with E-state index < -0.39 is 11.9 Å². The third-order valence-corrected chi connectivity index (χ3v) is 3.88. The Bertz CT molecular complexity index is 522. The van der Waals surface area contributed by atoms with Gasteiger partial charge in [-0.05, 0) is 49.9 Å². The molecule has 5 heteroatoms. The summed E-state index contributed by atoms with van der Waals surface area (Å²) in [4.78, 5) is 23.3. The minimum Gasteiger partial charge on any atom is -0.481 e. The number of aliphatic carboxylic acids is 1. The topological polar surface area (TPSA) is 78.4 Å². The first kappa shape index (κ1) is 15.4. The number of benzene rings is 1. The third-order valence-electron chi connectivity index (χ3n) is 3.88. The number of nitrogens with one attached hydrogen (secondary N) is 2. The summed E-state index contributed by atoms with van der Waals surface area (Å²) in [7, 11) is 0. The van der Waals surface area contributed by atoms with Crippen molar-refractivity contribution in [2.75, 3.05) is 5.32 Å². The van der Waals surface area contributed by atoms with E-state index in [0.29, 0.717) is 6.42 Å². The van der Waals surface area contributed by atoms with Gasteiger partial charge in [-0.1, -0.05) is 18.9 Å². The van der Waals surface area contributed by atoms with Gasteiger partial charge in [0.2, 0.25) is 0 Å². The van der Waals surface area contributed by atoms with Crippen LogP contribution in [-0.2, 0) is 4.79 Å². The standard InChI is InChI=1S/C16H22N2O3/c1-10-7-11(2)9-12(8-10)17-16(21)18-14-6-4-3-5-13(14)15(19)20/h7-9,13-14H,3-6H2,1-2H3,(H,19,20)(H2,17,18,21). The minimum atomic E-state index is -0.827. The molecule has 1 fully saturated rings. The second-order valence-corrected chi connectivity index (χ2v) is 5.81. The summed E-state index contributed by atoms with van der Waals surface area (Å²) in [5.41, 5.74) is 2.88. The molecule has 2 amide bonds. The van der Waals surface area contributed by atoms with Crippen molar-refractivity contribution in [3.63, 3.8) is 0 Å². The minimum absolute atomic E-state index is 0.290. The maximum absolute atomic E-state index is 12.1. The molecule has 1 aromatic rings. The van der Waals surface area contributed by atoms with E-state index in [2.05, 4.69) is 10.6 Å². The van der Waals surface area contributed by atoms with Crippen molar-refractivity contribution >= 4 is 17.7 Å². The number of anilines is 1. The van der Waals surface area contributed by atoms with E-state index in [-0.39, 0.29) is 12.1 Å². The summed E-state index contributed by atoms with van der Waals surface area (Å²) >= 11 is 0. The van der Waals surface area contributed by atoms with Crippen molar-refractivity contribution in [1.29, 1.82) is 0 Å². The first-order valence-corrected chi connectivity index (χ1v) is 7.34. The van der Waals surface area contributed by atoms with Crippen LogP contribution < -0.4 is 10.6 Å². The zero-order chi connectivity index (χ0) is 15.4. The summed E-state index contributed by atoms with van der Waals surface area (Å²) in [6.07, 6.45) is 3.22. The highest BCUT2D eigenvalue weighted by Crippen LogP contribution is 2.24. The van der Waals surface area contributed by atoms with Crippen LogP contribution in [0.5, 0.6) is 0 Å². The van der Waals surface area contributed by atoms with Crippen LogP contribution in [0.2, 0.25) is 0 Å². The van der Waals surface area contributed by atoms with Gasteiger partial charge in [0.1, 0.15) is 0 Å². The second-order valence-electron chi connectivity index (χ2n) is 5.81. The highest BCUT2D eigenvalue weighted by Gasteiger charge is 2.31. The first-order chi connectivity index (χ1) is 9.95. The predicted octanol–water partition coefficient (Wildman–Crippen LogP) is 3.07.